The second-order valence-corrected chi connectivity index (χ2v) is 5.29. The summed E-state index contributed by atoms with van der Waals surface area (Å²) in [7, 11) is 1.60. The Labute approximate surface area is 120 Å². The van der Waals surface area contributed by atoms with Crippen molar-refractivity contribution in [2.45, 2.75) is 36.0 Å². The van der Waals surface area contributed by atoms with Crippen LogP contribution in [0.5, 0.6) is 5.75 Å². The standard InChI is InChI=1S/C11H15N7OS/c1-3-12-9-8(19-2)10(14-6-13-9)20-11-15-16-17-18(11)7-4-5-7/h6-7H,3-5H2,1-2H3,(H,12,13,14). The van der Waals surface area contributed by atoms with Crippen molar-refractivity contribution in [1.29, 1.82) is 0 Å². The van der Waals surface area contributed by atoms with Crippen LogP contribution in [0.15, 0.2) is 16.5 Å². The highest BCUT2D eigenvalue weighted by atomic mass is 32.2. The van der Waals surface area contributed by atoms with Crippen LogP contribution in [0.3, 0.4) is 0 Å². The summed E-state index contributed by atoms with van der Waals surface area (Å²) in [6.07, 6.45) is 3.76. The van der Waals surface area contributed by atoms with Gasteiger partial charge in [-0.2, -0.15) is 0 Å². The summed E-state index contributed by atoms with van der Waals surface area (Å²) in [6, 6.07) is 0.425. The van der Waals surface area contributed by atoms with Gasteiger partial charge in [0.15, 0.2) is 16.6 Å². The Morgan fingerprint density at radius 1 is 1.45 bits per heavy atom. The molecule has 2 aromatic rings. The molecule has 0 aliphatic heterocycles. The third-order valence-corrected chi connectivity index (χ3v) is 3.80. The van der Waals surface area contributed by atoms with Crippen LogP contribution in [0.25, 0.3) is 0 Å². The van der Waals surface area contributed by atoms with Gasteiger partial charge in [-0.3, -0.25) is 0 Å². The smallest absolute Gasteiger partial charge is 0.216 e. The minimum absolute atomic E-state index is 0.425. The molecule has 0 bridgehead atoms. The largest absolute Gasteiger partial charge is 0.490 e. The number of nitrogens with one attached hydrogen (secondary N) is 1. The quantitative estimate of drug-likeness (QED) is 0.799. The molecular weight excluding hydrogens is 278 g/mol. The number of rotatable bonds is 6. The fourth-order valence-corrected chi connectivity index (χ4v) is 2.70. The third kappa shape index (κ3) is 2.53. The van der Waals surface area contributed by atoms with Crippen molar-refractivity contribution in [2.24, 2.45) is 0 Å². The van der Waals surface area contributed by atoms with Crippen molar-refractivity contribution in [1.82, 2.24) is 30.2 Å². The Balaban J connectivity index is 1.89. The lowest BCUT2D eigenvalue weighted by Crippen LogP contribution is -2.04. The molecule has 0 aromatic carbocycles. The minimum Gasteiger partial charge on any atom is -0.490 e. The molecule has 0 amide bonds. The monoisotopic (exact) mass is 293 g/mol. The Morgan fingerprint density at radius 2 is 2.30 bits per heavy atom. The van der Waals surface area contributed by atoms with E-state index >= 15 is 0 Å². The van der Waals surface area contributed by atoms with Crippen molar-refractivity contribution in [3.63, 3.8) is 0 Å². The van der Waals surface area contributed by atoms with E-state index in [1.807, 2.05) is 11.6 Å². The predicted octanol–water partition coefficient (Wildman–Crippen LogP) is 1.39. The maximum Gasteiger partial charge on any atom is 0.216 e. The van der Waals surface area contributed by atoms with E-state index in [0.717, 1.165) is 24.5 Å². The van der Waals surface area contributed by atoms with E-state index in [1.165, 1.54) is 18.1 Å². The first-order valence-corrected chi connectivity index (χ1v) is 7.23. The number of nitrogens with zero attached hydrogens (tertiary/aromatic N) is 6. The molecule has 0 saturated heterocycles. The van der Waals surface area contributed by atoms with Crippen LogP contribution in [0.2, 0.25) is 0 Å². The van der Waals surface area contributed by atoms with E-state index in [4.69, 9.17) is 4.74 Å². The molecule has 1 N–H and O–H groups in total. The van der Waals surface area contributed by atoms with Crippen molar-refractivity contribution in [2.75, 3.05) is 19.0 Å². The van der Waals surface area contributed by atoms with E-state index in [-0.39, 0.29) is 0 Å². The predicted molar refractivity (Wildman–Crippen MR) is 73.0 cm³/mol. The molecule has 0 radical (unpaired) electrons. The molecule has 2 aromatic heterocycles. The fraction of sp³-hybridized carbons (Fsp3) is 0.545. The average Bonchev–Trinajstić information content (AvgIpc) is 3.20. The number of methoxy groups -OCH3 is 1. The first-order chi connectivity index (χ1) is 9.83. The van der Waals surface area contributed by atoms with Gasteiger partial charge in [0.05, 0.1) is 13.2 Å². The van der Waals surface area contributed by atoms with Crippen molar-refractivity contribution in [3.8, 4) is 5.75 Å². The molecule has 9 heteroatoms. The zero-order chi connectivity index (χ0) is 13.9. The van der Waals surface area contributed by atoms with Crippen molar-refractivity contribution in [3.05, 3.63) is 6.33 Å². The number of anilines is 1. The van der Waals surface area contributed by atoms with Gasteiger partial charge < -0.3 is 10.1 Å². The first-order valence-electron chi connectivity index (χ1n) is 6.42. The summed E-state index contributed by atoms with van der Waals surface area (Å²) >= 11 is 1.39. The Morgan fingerprint density at radius 3 is 3.00 bits per heavy atom. The van der Waals surface area contributed by atoms with Crippen LogP contribution >= 0.6 is 11.8 Å². The van der Waals surface area contributed by atoms with Gasteiger partial charge in [-0.1, -0.05) is 0 Å². The molecule has 3 rings (SSSR count). The van der Waals surface area contributed by atoms with Gasteiger partial charge in [0.25, 0.3) is 0 Å². The summed E-state index contributed by atoms with van der Waals surface area (Å²) in [6.45, 7) is 2.76. The molecule has 1 fully saturated rings. The third-order valence-electron chi connectivity index (χ3n) is 2.86. The topological polar surface area (TPSA) is 90.6 Å². The Hall–Kier alpha value is -1.90. The lowest BCUT2D eigenvalue weighted by molar-refractivity contribution is 0.400. The van der Waals surface area contributed by atoms with Crippen LogP contribution in [-0.2, 0) is 0 Å². The molecule has 0 spiro atoms. The van der Waals surface area contributed by atoms with Crippen LogP contribution in [0.4, 0.5) is 5.82 Å². The maximum atomic E-state index is 5.41. The summed E-state index contributed by atoms with van der Waals surface area (Å²) in [5.74, 6) is 1.29. The van der Waals surface area contributed by atoms with Crippen molar-refractivity contribution >= 4 is 17.6 Å². The summed E-state index contributed by atoms with van der Waals surface area (Å²) < 4.78 is 7.25. The van der Waals surface area contributed by atoms with Crippen molar-refractivity contribution < 1.29 is 4.74 Å². The zero-order valence-electron chi connectivity index (χ0n) is 11.3. The maximum absolute atomic E-state index is 5.41. The van der Waals surface area contributed by atoms with E-state index < -0.39 is 0 Å². The van der Waals surface area contributed by atoms with Crippen LogP contribution in [0.1, 0.15) is 25.8 Å². The van der Waals surface area contributed by atoms with Crippen LogP contribution in [0, 0.1) is 0 Å². The van der Waals surface area contributed by atoms with E-state index in [9.17, 15) is 0 Å². The number of tetrazole rings is 1. The molecule has 8 nitrogen and oxygen atoms in total. The SMILES string of the molecule is CCNc1ncnc(Sc2nnnn2C2CC2)c1OC. The van der Waals surface area contributed by atoms with Crippen LogP contribution in [-0.4, -0.2) is 43.8 Å². The molecular formula is C11H15N7OS. The first kappa shape index (κ1) is 13.1. The molecule has 1 aliphatic rings. The van der Waals surface area contributed by atoms with Gasteiger partial charge in [0, 0.05) is 6.54 Å². The molecule has 106 valence electrons. The number of hydrogen-bond acceptors (Lipinski definition) is 8. The molecule has 20 heavy (non-hydrogen) atoms. The summed E-state index contributed by atoms with van der Waals surface area (Å²) in [5, 5.41) is 16.4. The fourth-order valence-electron chi connectivity index (χ4n) is 1.80. The second kappa shape index (κ2) is 5.61. The highest BCUT2D eigenvalue weighted by Gasteiger charge is 2.29. The van der Waals surface area contributed by atoms with Gasteiger partial charge >= 0.3 is 0 Å². The highest BCUT2D eigenvalue weighted by molar-refractivity contribution is 7.99. The average molecular weight is 293 g/mol. The Bertz CT molecular complexity index is 598. The normalized spacial score (nSPS) is 14.3. The molecule has 1 saturated carbocycles. The summed E-state index contributed by atoms with van der Waals surface area (Å²) in [5.41, 5.74) is 0. The second-order valence-electron chi connectivity index (χ2n) is 4.33. The lowest BCUT2D eigenvalue weighted by atomic mass is 10.5. The van der Waals surface area contributed by atoms with E-state index in [1.54, 1.807) is 7.11 Å². The number of aromatic nitrogens is 6. The highest BCUT2D eigenvalue weighted by Crippen LogP contribution is 2.40. The van der Waals surface area contributed by atoms with E-state index in [2.05, 4.69) is 30.8 Å². The van der Waals surface area contributed by atoms with Gasteiger partial charge in [-0.05, 0) is 42.0 Å². The van der Waals surface area contributed by atoms with Gasteiger partial charge in [-0.25, -0.2) is 14.6 Å². The molecule has 0 unspecified atom stereocenters. The van der Waals surface area contributed by atoms with Gasteiger partial charge in [0.2, 0.25) is 5.16 Å². The van der Waals surface area contributed by atoms with E-state index in [0.29, 0.717) is 22.6 Å². The zero-order valence-corrected chi connectivity index (χ0v) is 12.1. The number of hydrogen-bond donors (Lipinski definition) is 1. The van der Waals surface area contributed by atoms with Gasteiger partial charge in [-0.15, -0.1) is 5.10 Å². The summed E-state index contributed by atoms with van der Waals surface area (Å²) in [4.78, 5) is 8.45. The van der Waals surface area contributed by atoms with Crippen LogP contribution < -0.4 is 10.1 Å². The number of ether oxygens (including phenoxy) is 1. The lowest BCUT2D eigenvalue weighted by Gasteiger charge is -2.11. The molecule has 0 atom stereocenters. The minimum atomic E-state index is 0.425. The molecule has 2 heterocycles. The Kier molecular flexibility index (Phi) is 3.68. The molecule has 1 aliphatic carbocycles. The van der Waals surface area contributed by atoms with Gasteiger partial charge in [0.1, 0.15) is 6.33 Å².